The fourth-order valence-electron chi connectivity index (χ4n) is 1.22. The number of nitrogens with one attached hydrogen (secondary N) is 2. The van der Waals surface area contributed by atoms with Crippen LogP contribution in [0.3, 0.4) is 0 Å². The Morgan fingerprint density at radius 3 is 2.63 bits per heavy atom. The van der Waals surface area contributed by atoms with Crippen molar-refractivity contribution < 1.29 is 19.6 Å². The van der Waals surface area contributed by atoms with Crippen molar-refractivity contribution in [2.24, 2.45) is 0 Å². The summed E-state index contributed by atoms with van der Waals surface area (Å²) in [5, 5.41) is 24.0. The van der Waals surface area contributed by atoms with Crippen LogP contribution in [-0.2, 0) is 9.59 Å². The van der Waals surface area contributed by atoms with Crippen molar-refractivity contribution in [3.05, 3.63) is 33.3 Å². The Kier molecular flexibility index (Phi) is 5.07. The molecule has 0 unspecified atom stereocenters. The molecule has 0 aromatic heterocycles. The van der Waals surface area contributed by atoms with Crippen LogP contribution in [0.15, 0.2) is 18.2 Å². The monoisotopic (exact) mass is 287 g/mol. The first-order chi connectivity index (χ1) is 8.90. The third-order valence-electron chi connectivity index (χ3n) is 2.03. The number of rotatable bonds is 6. The predicted molar refractivity (Wildman–Crippen MR) is 67.2 cm³/mol. The van der Waals surface area contributed by atoms with Crippen molar-refractivity contribution >= 4 is 34.9 Å². The molecule has 0 fully saturated rings. The number of anilines is 1. The van der Waals surface area contributed by atoms with E-state index in [4.69, 9.17) is 16.7 Å². The number of carbonyl (C=O) groups is 2. The van der Waals surface area contributed by atoms with Crippen LogP contribution >= 0.6 is 11.6 Å². The highest BCUT2D eigenvalue weighted by Crippen LogP contribution is 2.27. The number of nitro benzene ring substituents is 1. The van der Waals surface area contributed by atoms with E-state index in [1.165, 1.54) is 18.2 Å². The number of nitro groups is 1. The Labute approximate surface area is 112 Å². The van der Waals surface area contributed by atoms with Gasteiger partial charge in [-0.15, -0.1) is 0 Å². The van der Waals surface area contributed by atoms with Crippen molar-refractivity contribution in [2.75, 3.05) is 18.4 Å². The number of hydrogen-bond donors (Lipinski definition) is 3. The summed E-state index contributed by atoms with van der Waals surface area (Å²) < 4.78 is 0. The number of benzene rings is 1. The van der Waals surface area contributed by atoms with E-state index in [1.807, 2.05) is 0 Å². The Balaban J connectivity index is 2.66. The van der Waals surface area contributed by atoms with Crippen LogP contribution in [0, 0.1) is 10.1 Å². The highest BCUT2D eigenvalue weighted by Gasteiger charge is 2.14. The lowest BCUT2D eigenvalue weighted by atomic mass is 10.2. The Hall–Kier alpha value is -2.35. The van der Waals surface area contributed by atoms with E-state index < -0.39 is 23.3 Å². The van der Waals surface area contributed by atoms with Gasteiger partial charge in [0.1, 0.15) is 12.2 Å². The molecule has 8 nitrogen and oxygen atoms in total. The van der Waals surface area contributed by atoms with E-state index in [0.29, 0.717) is 0 Å². The molecule has 1 rings (SSSR count). The van der Waals surface area contributed by atoms with Gasteiger partial charge < -0.3 is 15.7 Å². The van der Waals surface area contributed by atoms with Gasteiger partial charge in [0, 0.05) is 11.1 Å². The number of amides is 1. The minimum atomic E-state index is -1.18. The van der Waals surface area contributed by atoms with Crippen LogP contribution in [0.4, 0.5) is 11.4 Å². The lowest BCUT2D eigenvalue weighted by Gasteiger charge is -2.07. The molecule has 19 heavy (non-hydrogen) atoms. The van der Waals surface area contributed by atoms with Gasteiger partial charge in [0.15, 0.2) is 0 Å². The molecule has 0 saturated heterocycles. The molecule has 9 heteroatoms. The summed E-state index contributed by atoms with van der Waals surface area (Å²) in [7, 11) is 0. The largest absolute Gasteiger partial charge is 0.480 e. The summed E-state index contributed by atoms with van der Waals surface area (Å²) in [5.74, 6) is -1.78. The molecule has 1 aromatic carbocycles. The summed E-state index contributed by atoms with van der Waals surface area (Å²) in [4.78, 5) is 31.6. The molecule has 0 aliphatic heterocycles. The summed E-state index contributed by atoms with van der Waals surface area (Å²) in [6.07, 6.45) is 0. The second-order valence-electron chi connectivity index (χ2n) is 3.44. The molecule has 0 aliphatic rings. The summed E-state index contributed by atoms with van der Waals surface area (Å²) in [6.45, 7) is -0.813. The standard InChI is InChI=1S/C10H10ClN3O5/c11-6-1-2-8(14(18)19)7(3-6)12-4-9(15)13-5-10(16)17/h1-3,12H,4-5H2,(H,13,15)(H,16,17). The number of aliphatic carboxylic acids is 1. The van der Waals surface area contributed by atoms with Crippen LogP contribution in [0.1, 0.15) is 0 Å². The van der Waals surface area contributed by atoms with E-state index in [0.717, 1.165) is 0 Å². The SMILES string of the molecule is O=C(O)CNC(=O)CNc1cc(Cl)ccc1[N+](=O)[O-]. The van der Waals surface area contributed by atoms with Crippen LogP contribution < -0.4 is 10.6 Å². The molecular formula is C10H10ClN3O5. The maximum atomic E-state index is 11.2. The lowest BCUT2D eigenvalue weighted by molar-refractivity contribution is -0.383. The molecule has 0 saturated carbocycles. The quantitative estimate of drug-likeness (QED) is 0.527. The first-order valence-corrected chi connectivity index (χ1v) is 5.44. The highest BCUT2D eigenvalue weighted by atomic mass is 35.5. The average molecular weight is 288 g/mol. The van der Waals surface area contributed by atoms with Gasteiger partial charge >= 0.3 is 5.97 Å². The fraction of sp³-hybridized carbons (Fsp3) is 0.200. The summed E-state index contributed by atoms with van der Waals surface area (Å²) in [6, 6.07) is 3.87. The number of carboxylic acid groups (broad SMARTS) is 1. The third kappa shape index (κ3) is 4.80. The van der Waals surface area contributed by atoms with Gasteiger partial charge in [-0.25, -0.2) is 0 Å². The van der Waals surface area contributed by atoms with Crippen molar-refractivity contribution in [3.8, 4) is 0 Å². The van der Waals surface area contributed by atoms with Crippen LogP contribution in [-0.4, -0.2) is 35.0 Å². The molecule has 0 radical (unpaired) electrons. The zero-order valence-electron chi connectivity index (χ0n) is 9.55. The fourth-order valence-corrected chi connectivity index (χ4v) is 1.39. The maximum Gasteiger partial charge on any atom is 0.322 e. The minimum absolute atomic E-state index is 0.0861. The first kappa shape index (κ1) is 14.7. The second kappa shape index (κ2) is 6.55. The highest BCUT2D eigenvalue weighted by molar-refractivity contribution is 6.31. The van der Waals surface area contributed by atoms with Gasteiger partial charge in [0.25, 0.3) is 5.69 Å². The molecule has 1 amide bonds. The molecule has 3 N–H and O–H groups in total. The van der Waals surface area contributed by atoms with Crippen molar-refractivity contribution in [1.82, 2.24) is 5.32 Å². The number of halogens is 1. The Morgan fingerprint density at radius 2 is 2.05 bits per heavy atom. The molecule has 0 spiro atoms. The third-order valence-corrected chi connectivity index (χ3v) is 2.27. The van der Waals surface area contributed by atoms with Gasteiger partial charge in [0.2, 0.25) is 5.91 Å². The van der Waals surface area contributed by atoms with Gasteiger partial charge in [-0.05, 0) is 12.1 Å². The molecule has 0 atom stereocenters. The van der Waals surface area contributed by atoms with Gasteiger partial charge in [-0.3, -0.25) is 19.7 Å². The van der Waals surface area contributed by atoms with E-state index in [-0.39, 0.29) is 22.9 Å². The van der Waals surface area contributed by atoms with E-state index in [9.17, 15) is 19.7 Å². The van der Waals surface area contributed by atoms with Crippen LogP contribution in [0.2, 0.25) is 5.02 Å². The number of nitrogens with zero attached hydrogens (tertiary/aromatic N) is 1. The second-order valence-corrected chi connectivity index (χ2v) is 3.88. The zero-order valence-corrected chi connectivity index (χ0v) is 10.3. The van der Waals surface area contributed by atoms with Crippen LogP contribution in [0.5, 0.6) is 0 Å². The number of carboxylic acids is 1. The minimum Gasteiger partial charge on any atom is -0.480 e. The van der Waals surface area contributed by atoms with Gasteiger partial charge in [-0.2, -0.15) is 0 Å². The molecule has 0 heterocycles. The van der Waals surface area contributed by atoms with Crippen molar-refractivity contribution in [3.63, 3.8) is 0 Å². The lowest BCUT2D eigenvalue weighted by Crippen LogP contribution is -2.33. The topological polar surface area (TPSA) is 122 Å². The zero-order chi connectivity index (χ0) is 14.4. The van der Waals surface area contributed by atoms with E-state index >= 15 is 0 Å². The van der Waals surface area contributed by atoms with E-state index in [1.54, 1.807) is 0 Å². The van der Waals surface area contributed by atoms with Crippen LogP contribution in [0.25, 0.3) is 0 Å². The maximum absolute atomic E-state index is 11.2. The Morgan fingerprint density at radius 1 is 1.37 bits per heavy atom. The molecule has 1 aromatic rings. The van der Waals surface area contributed by atoms with Gasteiger partial charge in [-0.1, -0.05) is 11.6 Å². The van der Waals surface area contributed by atoms with E-state index in [2.05, 4.69) is 10.6 Å². The molecular weight excluding hydrogens is 278 g/mol. The molecule has 102 valence electrons. The molecule has 0 aliphatic carbocycles. The van der Waals surface area contributed by atoms with Gasteiger partial charge in [0.05, 0.1) is 11.5 Å². The first-order valence-electron chi connectivity index (χ1n) is 5.06. The Bertz CT molecular complexity index is 520. The summed E-state index contributed by atoms with van der Waals surface area (Å²) >= 11 is 5.70. The smallest absolute Gasteiger partial charge is 0.322 e. The summed E-state index contributed by atoms with van der Waals surface area (Å²) in [5.41, 5.74) is -0.140. The van der Waals surface area contributed by atoms with Crippen molar-refractivity contribution in [2.45, 2.75) is 0 Å². The van der Waals surface area contributed by atoms with Crippen molar-refractivity contribution in [1.29, 1.82) is 0 Å². The number of hydrogen-bond acceptors (Lipinski definition) is 5. The molecule has 0 bridgehead atoms. The average Bonchev–Trinajstić information content (AvgIpc) is 2.33. The number of carbonyl (C=O) groups excluding carboxylic acids is 1. The normalized spacial score (nSPS) is 9.74. The predicted octanol–water partition coefficient (Wildman–Crippen LogP) is 0.861.